The van der Waals surface area contributed by atoms with Crippen molar-refractivity contribution in [3.8, 4) is 11.3 Å². The molecule has 94 valence electrons. The smallest absolute Gasteiger partial charge is 0.165 e. The first kappa shape index (κ1) is 12.4. The van der Waals surface area contributed by atoms with Crippen LogP contribution in [0.25, 0.3) is 11.3 Å². The van der Waals surface area contributed by atoms with E-state index in [0.717, 1.165) is 28.6 Å². The molecule has 1 saturated carbocycles. The third-order valence-corrected chi connectivity index (χ3v) is 4.99. The van der Waals surface area contributed by atoms with Gasteiger partial charge in [0.2, 0.25) is 0 Å². The van der Waals surface area contributed by atoms with Gasteiger partial charge in [0, 0.05) is 11.7 Å². The van der Waals surface area contributed by atoms with E-state index < -0.39 is 4.33 Å². The molecular weight excluding hydrogens is 287 g/mol. The molecule has 18 heavy (non-hydrogen) atoms. The van der Waals surface area contributed by atoms with Gasteiger partial charge >= 0.3 is 0 Å². The highest BCUT2D eigenvalue weighted by molar-refractivity contribution is 7.99. The van der Waals surface area contributed by atoms with Crippen molar-refractivity contribution in [2.75, 3.05) is 5.75 Å². The minimum absolute atomic E-state index is 0.385. The molecule has 5 heteroatoms. The van der Waals surface area contributed by atoms with E-state index in [0.29, 0.717) is 5.92 Å². The maximum Gasteiger partial charge on any atom is 0.165 e. The van der Waals surface area contributed by atoms with Crippen LogP contribution in [-0.2, 0) is 0 Å². The highest BCUT2D eigenvalue weighted by atomic mass is 35.5. The zero-order chi connectivity index (χ0) is 12.6. The lowest BCUT2D eigenvalue weighted by atomic mass is 10.2. The van der Waals surface area contributed by atoms with Crippen LogP contribution in [0.5, 0.6) is 0 Å². The van der Waals surface area contributed by atoms with Gasteiger partial charge in [0.25, 0.3) is 0 Å². The molecule has 1 atom stereocenters. The molecule has 0 spiro atoms. The van der Waals surface area contributed by atoms with Gasteiger partial charge in [-0.15, -0.1) is 23.2 Å². The number of imidazole rings is 1. The number of hydrogen-bond donors (Lipinski definition) is 1. The summed E-state index contributed by atoms with van der Waals surface area (Å²) in [5.74, 6) is 1.30. The fraction of sp³-hybridized carbons (Fsp3) is 0.308. The summed E-state index contributed by atoms with van der Waals surface area (Å²) >= 11 is 13.7. The lowest BCUT2D eigenvalue weighted by Crippen LogP contribution is -1.93. The predicted octanol–water partition coefficient (Wildman–Crippen LogP) is 4.36. The second-order valence-electron chi connectivity index (χ2n) is 4.44. The number of benzene rings is 1. The van der Waals surface area contributed by atoms with Crippen LogP contribution in [0.2, 0.25) is 0 Å². The largest absolute Gasteiger partial charge is 0.333 e. The summed E-state index contributed by atoms with van der Waals surface area (Å²) in [6, 6.07) is 10.2. The molecule has 0 amide bonds. The van der Waals surface area contributed by atoms with Crippen molar-refractivity contribution in [3.05, 3.63) is 36.5 Å². The maximum atomic E-state index is 6.00. The first-order valence-electron chi connectivity index (χ1n) is 5.76. The van der Waals surface area contributed by atoms with Crippen molar-refractivity contribution in [1.29, 1.82) is 0 Å². The molecule has 0 bridgehead atoms. The monoisotopic (exact) mass is 298 g/mol. The quantitative estimate of drug-likeness (QED) is 0.671. The van der Waals surface area contributed by atoms with Gasteiger partial charge in [-0.1, -0.05) is 42.1 Å². The first-order valence-corrected chi connectivity index (χ1v) is 7.50. The standard InChI is InChI=1S/C13H12Cl2N2S/c14-13(15)6-10(13)8-18-12-16-7-11(17-12)9-4-2-1-3-5-9/h1-5,7,10H,6,8H2,(H,16,17). The van der Waals surface area contributed by atoms with Crippen molar-refractivity contribution < 1.29 is 0 Å². The topological polar surface area (TPSA) is 28.7 Å². The molecule has 1 aliphatic rings. The number of alkyl halides is 2. The molecule has 1 unspecified atom stereocenters. The maximum absolute atomic E-state index is 6.00. The summed E-state index contributed by atoms with van der Waals surface area (Å²) in [6.45, 7) is 0. The molecule has 3 rings (SSSR count). The van der Waals surface area contributed by atoms with Crippen molar-refractivity contribution in [3.63, 3.8) is 0 Å². The van der Waals surface area contributed by atoms with E-state index in [2.05, 4.69) is 22.1 Å². The van der Waals surface area contributed by atoms with Crippen LogP contribution in [0, 0.1) is 5.92 Å². The normalized spacial score (nSPS) is 20.9. The van der Waals surface area contributed by atoms with E-state index in [1.54, 1.807) is 11.8 Å². The van der Waals surface area contributed by atoms with Crippen LogP contribution in [0.1, 0.15) is 6.42 Å². The molecule has 1 fully saturated rings. The molecular formula is C13H12Cl2N2S. The van der Waals surface area contributed by atoms with Crippen LogP contribution in [-0.4, -0.2) is 20.1 Å². The Morgan fingerprint density at radius 1 is 1.33 bits per heavy atom. The summed E-state index contributed by atoms with van der Waals surface area (Å²) in [4.78, 5) is 7.67. The van der Waals surface area contributed by atoms with Gasteiger partial charge in [-0.3, -0.25) is 0 Å². The lowest BCUT2D eigenvalue weighted by molar-refractivity contribution is 0.966. The van der Waals surface area contributed by atoms with Crippen LogP contribution in [0.4, 0.5) is 0 Å². The fourth-order valence-corrected chi connectivity index (χ4v) is 3.55. The Morgan fingerprint density at radius 3 is 2.72 bits per heavy atom. The van der Waals surface area contributed by atoms with Crippen molar-refractivity contribution in [2.45, 2.75) is 15.9 Å². The van der Waals surface area contributed by atoms with Crippen molar-refractivity contribution >= 4 is 35.0 Å². The van der Waals surface area contributed by atoms with Crippen molar-refractivity contribution in [2.24, 2.45) is 5.92 Å². The molecule has 0 radical (unpaired) electrons. The second kappa shape index (κ2) is 4.80. The highest BCUT2D eigenvalue weighted by Crippen LogP contribution is 2.54. The average molecular weight is 299 g/mol. The fourth-order valence-electron chi connectivity index (χ4n) is 1.77. The van der Waals surface area contributed by atoms with Gasteiger partial charge in [-0.05, 0) is 12.0 Å². The SMILES string of the molecule is ClC1(Cl)CC1CSc1ncc(-c2ccccc2)[nH]1. The third kappa shape index (κ3) is 2.68. The van der Waals surface area contributed by atoms with E-state index in [1.807, 2.05) is 24.4 Å². The summed E-state index contributed by atoms with van der Waals surface area (Å²) in [5, 5.41) is 0.921. The zero-order valence-electron chi connectivity index (χ0n) is 9.57. The van der Waals surface area contributed by atoms with Crippen LogP contribution in [0.15, 0.2) is 41.7 Å². The average Bonchev–Trinajstić information content (AvgIpc) is 2.79. The van der Waals surface area contributed by atoms with Gasteiger partial charge in [-0.25, -0.2) is 4.98 Å². The molecule has 1 heterocycles. The molecule has 0 aliphatic heterocycles. The van der Waals surface area contributed by atoms with Crippen LogP contribution in [0.3, 0.4) is 0 Å². The Balaban J connectivity index is 1.64. The Kier molecular flexibility index (Phi) is 3.31. The zero-order valence-corrected chi connectivity index (χ0v) is 11.9. The number of nitrogens with zero attached hydrogens (tertiary/aromatic N) is 1. The van der Waals surface area contributed by atoms with Crippen LogP contribution < -0.4 is 0 Å². The Labute approximate surface area is 120 Å². The molecule has 0 saturated heterocycles. The molecule has 1 N–H and O–H groups in total. The number of aromatic amines is 1. The Bertz CT molecular complexity index is 539. The molecule has 2 aromatic rings. The molecule has 1 aliphatic carbocycles. The van der Waals surface area contributed by atoms with E-state index >= 15 is 0 Å². The highest BCUT2D eigenvalue weighted by Gasteiger charge is 2.51. The number of thioether (sulfide) groups is 1. The van der Waals surface area contributed by atoms with Gasteiger partial charge in [0.15, 0.2) is 5.16 Å². The van der Waals surface area contributed by atoms with E-state index in [1.165, 1.54) is 0 Å². The van der Waals surface area contributed by atoms with E-state index in [9.17, 15) is 0 Å². The Morgan fingerprint density at radius 2 is 2.06 bits per heavy atom. The van der Waals surface area contributed by atoms with E-state index in [-0.39, 0.29) is 0 Å². The van der Waals surface area contributed by atoms with Gasteiger partial charge in [-0.2, -0.15) is 0 Å². The van der Waals surface area contributed by atoms with Gasteiger partial charge in [0.05, 0.1) is 11.9 Å². The number of hydrogen-bond acceptors (Lipinski definition) is 2. The number of rotatable bonds is 4. The van der Waals surface area contributed by atoms with Gasteiger partial charge in [0.1, 0.15) is 4.33 Å². The third-order valence-electron chi connectivity index (χ3n) is 3.01. The minimum atomic E-state index is -0.498. The van der Waals surface area contributed by atoms with Gasteiger partial charge < -0.3 is 4.98 Å². The minimum Gasteiger partial charge on any atom is -0.333 e. The molecule has 2 nitrogen and oxygen atoms in total. The lowest BCUT2D eigenvalue weighted by Gasteiger charge is -1.98. The van der Waals surface area contributed by atoms with Crippen molar-refractivity contribution in [1.82, 2.24) is 9.97 Å². The first-order chi connectivity index (χ1) is 8.65. The summed E-state index contributed by atoms with van der Waals surface area (Å²) in [7, 11) is 0. The van der Waals surface area contributed by atoms with Crippen LogP contribution >= 0.6 is 35.0 Å². The number of aromatic nitrogens is 2. The molecule has 1 aromatic carbocycles. The number of H-pyrrole nitrogens is 1. The summed E-state index contributed by atoms with van der Waals surface area (Å²) in [5.41, 5.74) is 2.18. The molecule has 1 aromatic heterocycles. The second-order valence-corrected chi connectivity index (χ2v) is 6.99. The summed E-state index contributed by atoms with van der Waals surface area (Å²) < 4.78 is -0.498. The predicted molar refractivity (Wildman–Crippen MR) is 77.3 cm³/mol. The number of nitrogens with one attached hydrogen (secondary N) is 1. The van der Waals surface area contributed by atoms with E-state index in [4.69, 9.17) is 23.2 Å². The Hall–Kier alpha value is -0.640. The number of halogens is 2. The summed E-state index contributed by atoms with van der Waals surface area (Å²) in [6.07, 6.45) is 2.74.